The van der Waals surface area contributed by atoms with Crippen LogP contribution in [0, 0.1) is 0 Å². The van der Waals surface area contributed by atoms with Gasteiger partial charge >= 0.3 is 0 Å². The fraction of sp³-hybridized carbons (Fsp3) is 0.417. The van der Waals surface area contributed by atoms with Crippen LogP contribution < -0.4 is 4.90 Å². The van der Waals surface area contributed by atoms with Crippen LogP contribution in [0.3, 0.4) is 0 Å². The first kappa shape index (κ1) is 10.8. The molecule has 0 aliphatic carbocycles. The molecule has 1 fully saturated rings. The van der Waals surface area contributed by atoms with Gasteiger partial charge in [-0.05, 0) is 18.1 Å². The normalized spacial score (nSPS) is 16.3. The van der Waals surface area contributed by atoms with Crippen LogP contribution >= 0.6 is 0 Å². The fourth-order valence-electron chi connectivity index (χ4n) is 1.70. The van der Waals surface area contributed by atoms with E-state index < -0.39 is 0 Å². The Kier molecular flexibility index (Phi) is 2.73. The van der Waals surface area contributed by atoms with Crippen LogP contribution in [0.1, 0.15) is 31.9 Å². The summed E-state index contributed by atoms with van der Waals surface area (Å²) in [7, 11) is 0. The molecule has 1 aromatic heterocycles. The van der Waals surface area contributed by atoms with Crippen LogP contribution in [-0.4, -0.2) is 23.2 Å². The molecule has 16 heavy (non-hydrogen) atoms. The van der Waals surface area contributed by atoms with Gasteiger partial charge < -0.3 is 0 Å². The van der Waals surface area contributed by atoms with Gasteiger partial charge in [-0.15, -0.1) is 0 Å². The number of ketones is 1. The van der Waals surface area contributed by atoms with Gasteiger partial charge in [0.15, 0.2) is 5.78 Å². The topological polar surface area (TPSA) is 50.3 Å². The highest BCUT2D eigenvalue weighted by Gasteiger charge is 2.29. The number of rotatable bonds is 2. The first-order chi connectivity index (χ1) is 7.58. The highest BCUT2D eigenvalue weighted by atomic mass is 16.2. The molecule has 1 amide bonds. The third kappa shape index (κ3) is 1.96. The lowest BCUT2D eigenvalue weighted by atomic mass is 10.1. The van der Waals surface area contributed by atoms with E-state index in [1.807, 2.05) is 26.0 Å². The molecule has 0 saturated carbocycles. The van der Waals surface area contributed by atoms with Gasteiger partial charge in [-0.1, -0.05) is 19.9 Å². The van der Waals surface area contributed by atoms with E-state index in [1.165, 1.54) is 4.90 Å². The molecule has 4 nitrogen and oxygen atoms in total. The summed E-state index contributed by atoms with van der Waals surface area (Å²) in [5.74, 6) is 0.704. The number of carbonyl (C=O) groups is 2. The quantitative estimate of drug-likeness (QED) is 0.707. The first-order valence-electron chi connectivity index (χ1n) is 5.37. The van der Waals surface area contributed by atoms with Gasteiger partial charge in [0.1, 0.15) is 5.82 Å². The van der Waals surface area contributed by atoms with Crippen molar-refractivity contribution in [3.8, 4) is 0 Å². The SMILES string of the molecule is CC(C)c1cccc(N2CC(=O)CC2=O)n1. The smallest absolute Gasteiger partial charge is 0.236 e. The molecule has 2 rings (SSSR count). The second-order valence-corrected chi connectivity index (χ2v) is 4.27. The summed E-state index contributed by atoms with van der Waals surface area (Å²) in [5.41, 5.74) is 0.935. The van der Waals surface area contributed by atoms with E-state index in [9.17, 15) is 9.59 Å². The standard InChI is InChI=1S/C12H14N2O2/c1-8(2)10-4-3-5-11(13-10)14-7-9(15)6-12(14)16/h3-5,8H,6-7H2,1-2H3. The summed E-state index contributed by atoms with van der Waals surface area (Å²) in [5, 5.41) is 0. The van der Waals surface area contributed by atoms with Crippen molar-refractivity contribution < 1.29 is 9.59 Å². The van der Waals surface area contributed by atoms with E-state index in [1.54, 1.807) is 6.07 Å². The maximum Gasteiger partial charge on any atom is 0.236 e. The van der Waals surface area contributed by atoms with E-state index in [4.69, 9.17) is 0 Å². The van der Waals surface area contributed by atoms with E-state index in [2.05, 4.69) is 4.98 Å². The van der Waals surface area contributed by atoms with Gasteiger partial charge in [0.2, 0.25) is 5.91 Å². The van der Waals surface area contributed by atoms with Crippen molar-refractivity contribution >= 4 is 17.5 Å². The maximum absolute atomic E-state index is 11.5. The van der Waals surface area contributed by atoms with Gasteiger partial charge in [0.05, 0.1) is 13.0 Å². The van der Waals surface area contributed by atoms with Crippen LogP contribution in [0.5, 0.6) is 0 Å². The molecular weight excluding hydrogens is 204 g/mol. The average Bonchev–Trinajstić information content (AvgIpc) is 2.58. The number of nitrogens with zero attached hydrogens (tertiary/aromatic N) is 2. The van der Waals surface area contributed by atoms with E-state index in [0.29, 0.717) is 11.7 Å². The molecule has 1 saturated heterocycles. The number of aromatic nitrogens is 1. The number of carbonyl (C=O) groups excluding carboxylic acids is 2. The summed E-state index contributed by atoms with van der Waals surface area (Å²) in [4.78, 5) is 28.5. The zero-order valence-electron chi connectivity index (χ0n) is 9.43. The summed E-state index contributed by atoms with van der Waals surface area (Å²) >= 11 is 0. The minimum absolute atomic E-state index is 0.00753. The monoisotopic (exact) mass is 218 g/mol. The zero-order valence-corrected chi connectivity index (χ0v) is 9.43. The Bertz CT molecular complexity index is 440. The van der Waals surface area contributed by atoms with E-state index in [-0.39, 0.29) is 24.7 Å². The Morgan fingerprint density at radius 3 is 2.62 bits per heavy atom. The minimum atomic E-state index is -0.154. The zero-order chi connectivity index (χ0) is 11.7. The Hall–Kier alpha value is -1.71. The Morgan fingerprint density at radius 1 is 1.31 bits per heavy atom. The summed E-state index contributed by atoms with van der Waals surface area (Å²) < 4.78 is 0. The lowest BCUT2D eigenvalue weighted by Gasteiger charge is -2.15. The van der Waals surface area contributed by atoms with Crippen LogP contribution in [0.4, 0.5) is 5.82 Å². The van der Waals surface area contributed by atoms with E-state index >= 15 is 0 Å². The lowest BCUT2D eigenvalue weighted by Crippen LogP contribution is -2.25. The molecule has 0 radical (unpaired) electrons. The second kappa shape index (κ2) is 4.04. The molecule has 0 spiro atoms. The molecule has 0 unspecified atom stereocenters. The van der Waals surface area contributed by atoms with Crippen molar-refractivity contribution in [2.45, 2.75) is 26.2 Å². The van der Waals surface area contributed by atoms with Crippen molar-refractivity contribution in [1.82, 2.24) is 4.98 Å². The third-order valence-electron chi connectivity index (χ3n) is 2.61. The molecule has 1 aliphatic rings. The maximum atomic E-state index is 11.5. The van der Waals surface area contributed by atoms with Crippen molar-refractivity contribution in [2.24, 2.45) is 0 Å². The van der Waals surface area contributed by atoms with Crippen LogP contribution in [0.2, 0.25) is 0 Å². The van der Waals surface area contributed by atoms with Gasteiger partial charge in [-0.25, -0.2) is 4.98 Å². The lowest BCUT2D eigenvalue weighted by molar-refractivity contribution is -0.121. The van der Waals surface area contributed by atoms with Crippen molar-refractivity contribution in [3.05, 3.63) is 23.9 Å². The van der Waals surface area contributed by atoms with Gasteiger partial charge in [0.25, 0.3) is 0 Å². The molecule has 1 aromatic rings. The molecule has 1 aliphatic heterocycles. The minimum Gasteiger partial charge on any atom is -0.297 e. The molecule has 0 bridgehead atoms. The number of hydrogen-bond donors (Lipinski definition) is 0. The van der Waals surface area contributed by atoms with Crippen molar-refractivity contribution in [1.29, 1.82) is 0 Å². The average molecular weight is 218 g/mol. The van der Waals surface area contributed by atoms with Crippen LogP contribution in [0.25, 0.3) is 0 Å². The molecule has 84 valence electrons. The van der Waals surface area contributed by atoms with Crippen LogP contribution in [-0.2, 0) is 9.59 Å². The number of hydrogen-bond acceptors (Lipinski definition) is 3. The molecule has 0 aromatic carbocycles. The predicted molar refractivity (Wildman–Crippen MR) is 60.3 cm³/mol. The summed E-state index contributed by atoms with van der Waals surface area (Å²) in [6.07, 6.45) is 0.00753. The summed E-state index contributed by atoms with van der Waals surface area (Å²) in [6.45, 7) is 4.25. The highest BCUT2D eigenvalue weighted by molar-refractivity contribution is 6.14. The Labute approximate surface area is 94.3 Å². The predicted octanol–water partition coefficient (Wildman–Crippen LogP) is 1.51. The van der Waals surface area contributed by atoms with Gasteiger partial charge in [-0.2, -0.15) is 0 Å². The molecule has 4 heteroatoms. The van der Waals surface area contributed by atoms with Crippen molar-refractivity contribution in [3.63, 3.8) is 0 Å². The third-order valence-corrected chi connectivity index (χ3v) is 2.61. The van der Waals surface area contributed by atoms with E-state index in [0.717, 1.165) is 5.69 Å². The van der Waals surface area contributed by atoms with Gasteiger partial charge in [-0.3, -0.25) is 14.5 Å². The second-order valence-electron chi connectivity index (χ2n) is 4.27. The number of Topliss-reactive ketones (excluding diaryl/α,β-unsaturated/α-hetero) is 1. The summed E-state index contributed by atoms with van der Waals surface area (Å²) in [6, 6.07) is 5.56. The van der Waals surface area contributed by atoms with Crippen LogP contribution in [0.15, 0.2) is 18.2 Å². The number of amides is 1. The van der Waals surface area contributed by atoms with Gasteiger partial charge in [0, 0.05) is 5.69 Å². The molecular formula is C12H14N2O2. The number of pyridine rings is 1. The Morgan fingerprint density at radius 2 is 2.06 bits per heavy atom. The largest absolute Gasteiger partial charge is 0.297 e. The molecule has 0 N–H and O–H groups in total. The highest BCUT2D eigenvalue weighted by Crippen LogP contribution is 2.20. The molecule has 0 atom stereocenters. The molecule has 2 heterocycles. The Balaban J connectivity index is 2.30. The number of anilines is 1. The first-order valence-corrected chi connectivity index (χ1v) is 5.37. The fourth-order valence-corrected chi connectivity index (χ4v) is 1.70. The van der Waals surface area contributed by atoms with Crippen molar-refractivity contribution in [2.75, 3.05) is 11.4 Å².